The number of H-pyrrole nitrogens is 1. The molecule has 58 valence electrons. The molecule has 0 bridgehead atoms. The van der Waals surface area contributed by atoms with Crippen molar-refractivity contribution in [2.75, 3.05) is 11.9 Å². The summed E-state index contributed by atoms with van der Waals surface area (Å²) < 4.78 is 17.3. The quantitative estimate of drug-likeness (QED) is 0.551. The van der Waals surface area contributed by atoms with E-state index < -0.39 is 5.95 Å². The molecule has 0 radical (unpaired) electrons. The minimum atomic E-state index is -0.667. The predicted octanol–water partition coefficient (Wildman–Crippen LogP) is -0.120. The summed E-state index contributed by atoms with van der Waals surface area (Å²) in [5.74, 6) is -0.910. The number of nitrogens with zero attached hydrogens (tertiary/aromatic N) is 1. The summed E-state index contributed by atoms with van der Waals surface area (Å²) >= 11 is 0. The maximum Gasteiger partial charge on any atom is 0.263 e. The molecule has 1 amide bonds. The predicted molar refractivity (Wildman–Crippen MR) is 32.7 cm³/mol. The van der Waals surface area contributed by atoms with Gasteiger partial charge in [0.2, 0.25) is 5.75 Å². The van der Waals surface area contributed by atoms with Crippen molar-refractivity contribution in [3.63, 3.8) is 0 Å². The molecule has 5 nitrogen and oxygen atoms in total. The summed E-state index contributed by atoms with van der Waals surface area (Å²) in [6.45, 7) is -0.163. The summed E-state index contributed by atoms with van der Waals surface area (Å²) in [5.41, 5.74) is 0. The van der Waals surface area contributed by atoms with Crippen LogP contribution in [0.15, 0.2) is 0 Å². The van der Waals surface area contributed by atoms with Gasteiger partial charge in [-0.2, -0.15) is 9.49 Å². The van der Waals surface area contributed by atoms with Crippen LogP contribution >= 0.6 is 0 Å². The van der Waals surface area contributed by atoms with E-state index in [1.165, 1.54) is 0 Å². The fraction of sp³-hybridized carbons (Fsp3) is 0.200. The molecule has 0 saturated heterocycles. The van der Waals surface area contributed by atoms with Gasteiger partial charge in [-0.3, -0.25) is 4.79 Å². The first kappa shape index (κ1) is 6.14. The third kappa shape index (κ3) is 0.830. The average Bonchev–Trinajstić information content (AvgIpc) is 2.32. The number of carbonyl (C=O) groups is 1. The monoisotopic (exact) mass is 157 g/mol. The van der Waals surface area contributed by atoms with Crippen LogP contribution in [0.3, 0.4) is 0 Å². The third-order valence-electron chi connectivity index (χ3n) is 1.29. The summed E-state index contributed by atoms with van der Waals surface area (Å²) in [5, 5.41) is 7.83. The molecule has 1 aromatic heterocycles. The van der Waals surface area contributed by atoms with Gasteiger partial charge >= 0.3 is 0 Å². The van der Waals surface area contributed by atoms with Gasteiger partial charge in [0.1, 0.15) is 0 Å². The zero-order valence-corrected chi connectivity index (χ0v) is 5.35. The fourth-order valence-corrected chi connectivity index (χ4v) is 0.833. The summed E-state index contributed by atoms with van der Waals surface area (Å²) in [6.07, 6.45) is 0. The van der Waals surface area contributed by atoms with Gasteiger partial charge in [-0.25, -0.2) is 5.10 Å². The van der Waals surface area contributed by atoms with E-state index in [1.54, 1.807) is 0 Å². The van der Waals surface area contributed by atoms with Crippen molar-refractivity contribution >= 4 is 11.7 Å². The number of carbonyl (C=O) groups excluding carboxylic acids is 1. The largest absolute Gasteiger partial charge is 0.476 e. The van der Waals surface area contributed by atoms with Crippen molar-refractivity contribution in [3.05, 3.63) is 5.95 Å². The Labute approximate surface area is 60.5 Å². The van der Waals surface area contributed by atoms with Crippen LogP contribution in [0.25, 0.3) is 0 Å². The summed E-state index contributed by atoms with van der Waals surface area (Å²) in [4.78, 5) is 10.6. The number of anilines is 1. The zero-order valence-electron chi connectivity index (χ0n) is 5.35. The van der Waals surface area contributed by atoms with Crippen molar-refractivity contribution < 1.29 is 13.9 Å². The molecule has 2 rings (SSSR count). The standard InChI is InChI=1S/C5H4FN3O2/c6-4-3-5(9-8-4)7-2(10)1-11-3/h1H2,(H2,7,8,9,10). The van der Waals surface area contributed by atoms with E-state index in [-0.39, 0.29) is 24.1 Å². The molecule has 0 spiro atoms. The second-order valence-corrected chi connectivity index (χ2v) is 2.05. The average molecular weight is 157 g/mol. The lowest BCUT2D eigenvalue weighted by atomic mass is 10.4. The lowest BCUT2D eigenvalue weighted by molar-refractivity contribution is -0.118. The van der Waals surface area contributed by atoms with E-state index in [0.29, 0.717) is 0 Å². The van der Waals surface area contributed by atoms with Gasteiger partial charge in [0.15, 0.2) is 12.4 Å². The number of nitrogens with one attached hydrogen (secondary N) is 2. The number of hydrogen-bond donors (Lipinski definition) is 2. The highest BCUT2D eigenvalue weighted by atomic mass is 19.1. The molecule has 2 N–H and O–H groups in total. The van der Waals surface area contributed by atoms with Crippen LogP contribution in [-0.4, -0.2) is 22.7 Å². The number of hydrogen-bond acceptors (Lipinski definition) is 3. The zero-order chi connectivity index (χ0) is 7.84. The molecule has 1 aromatic rings. The van der Waals surface area contributed by atoms with E-state index in [1.807, 2.05) is 5.10 Å². The first-order valence-corrected chi connectivity index (χ1v) is 2.94. The lowest BCUT2D eigenvalue weighted by Gasteiger charge is -2.11. The molecule has 6 heteroatoms. The maximum atomic E-state index is 12.6. The van der Waals surface area contributed by atoms with Gasteiger partial charge in [0.05, 0.1) is 0 Å². The first-order valence-electron chi connectivity index (χ1n) is 2.94. The molecular weight excluding hydrogens is 153 g/mol. The highest BCUT2D eigenvalue weighted by Gasteiger charge is 2.22. The van der Waals surface area contributed by atoms with Crippen LogP contribution in [0, 0.1) is 5.95 Å². The van der Waals surface area contributed by atoms with Gasteiger partial charge < -0.3 is 10.1 Å². The number of amides is 1. The Morgan fingerprint density at radius 3 is 3.27 bits per heavy atom. The highest BCUT2D eigenvalue weighted by Crippen LogP contribution is 2.26. The Kier molecular flexibility index (Phi) is 1.09. The Morgan fingerprint density at radius 2 is 2.45 bits per heavy atom. The van der Waals surface area contributed by atoms with Gasteiger partial charge in [0, 0.05) is 0 Å². The molecule has 1 aliphatic rings. The van der Waals surface area contributed by atoms with E-state index in [4.69, 9.17) is 4.74 Å². The molecule has 11 heavy (non-hydrogen) atoms. The summed E-state index contributed by atoms with van der Waals surface area (Å²) in [7, 11) is 0. The van der Waals surface area contributed by atoms with Crippen LogP contribution in [0.5, 0.6) is 5.75 Å². The Hall–Kier alpha value is -1.59. The number of aromatic amines is 1. The van der Waals surface area contributed by atoms with Crippen LogP contribution in [0.4, 0.5) is 10.2 Å². The maximum absolute atomic E-state index is 12.6. The van der Waals surface area contributed by atoms with Crippen molar-refractivity contribution in [3.8, 4) is 5.75 Å². The van der Waals surface area contributed by atoms with Crippen molar-refractivity contribution in [2.45, 2.75) is 0 Å². The van der Waals surface area contributed by atoms with Crippen molar-refractivity contribution in [1.29, 1.82) is 0 Å². The molecule has 0 aliphatic carbocycles. The molecule has 0 saturated carbocycles. The minimum Gasteiger partial charge on any atom is -0.476 e. The molecular formula is C5H4FN3O2. The van der Waals surface area contributed by atoms with E-state index in [0.717, 1.165) is 0 Å². The van der Waals surface area contributed by atoms with Gasteiger partial charge in [-0.15, -0.1) is 0 Å². The second kappa shape index (κ2) is 1.94. The highest BCUT2D eigenvalue weighted by molar-refractivity contribution is 5.94. The smallest absolute Gasteiger partial charge is 0.263 e. The molecule has 1 aliphatic heterocycles. The molecule has 2 heterocycles. The van der Waals surface area contributed by atoms with E-state index >= 15 is 0 Å². The summed E-state index contributed by atoms with van der Waals surface area (Å²) in [6, 6.07) is 0. The molecule has 0 unspecified atom stereocenters. The lowest BCUT2D eigenvalue weighted by Crippen LogP contribution is -2.25. The fourth-order valence-electron chi connectivity index (χ4n) is 0.833. The molecule has 0 atom stereocenters. The van der Waals surface area contributed by atoms with Gasteiger partial charge in [-0.1, -0.05) is 0 Å². The van der Waals surface area contributed by atoms with Gasteiger partial charge in [-0.05, 0) is 0 Å². The first-order chi connectivity index (χ1) is 5.27. The molecule has 0 aromatic carbocycles. The number of aromatic nitrogens is 2. The Balaban J connectivity index is 2.44. The van der Waals surface area contributed by atoms with Crippen LogP contribution in [0.2, 0.25) is 0 Å². The molecule has 0 fully saturated rings. The van der Waals surface area contributed by atoms with Crippen LogP contribution in [0.1, 0.15) is 0 Å². The Morgan fingerprint density at radius 1 is 1.64 bits per heavy atom. The third-order valence-corrected chi connectivity index (χ3v) is 1.29. The van der Waals surface area contributed by atoms with Gasteiger partial charge in [0.25, 0.3) is 11.9 Å². The minimum absolute atomic E-state index is 0.0235. The SMILES string of the molecule is O=C1COc2c(n[nH]c2F)N1. The Bertz CT molecular complexity index is 309. The topological polar surface area (TPSA) is 67.0 Å². The second-order valence-electron chi connectivity index (χ2n) is 2.05. The van der Waals surface area contributed by atoms with Crippen LogP contribution < -0.4 is 10.1 Å². The number of ether oxygens (including phenoxy) is 1. The number of fused-ring (bicyclic) bond motifs is 1. The van der Waals surface area contributed by atoms with E-state index in [2.05, 4.69) is 10.4 Å². The number of rotatable bonds is 0. The van der Waals surface area contributed by atoms with Crippen LogP contribution in [-0.2, 0) is 4.79 Å². The van der Waals surface area contributed by atoms with E-state index in [9.17, 15) is 9.18 Å². The number of halogens is 1. The normalized spacial score (nSPS) is 15.2. The van der Waals surface area contributed by atoms with Crippen molar-refractivity contribution in [2.24, 2.45) is 0 Å². The van der Waals surface area contributed by atoms with Crippen molar-refractivity contribution in [1.82, 2.24) is 10.2 Å².